The van der Waals surface area contributed by atoms with Gasteiger partial charge in [0.1, 0.15) is 30.1 Å². The smallest absolute Gasteiger partial charge is 0.244 e. The summed E-state index contributed by atoms with van der Waals surface area (Å²) in [5.41, 5.74) is -1.99. The third kappa shape index (κ3) is 4.44. The van der Waals surface area contributed by atoms with E-state index >= 15 is 0 Å². The van der Waals surface area contributed by atoms with E-state index in [4.69, 9.17) is 0 Å². The maximum absolute atomic E-state index is 15.0. The van der Waals surface area contributed by atoms with E-state index in [1.54, 1.807) is 18.2 Å². The minimum atomic E-state index is -4.08. The summed E-state index contributed by atoms with van der Waals surface area (Å²) in [6.07, 6.45) is 5.58. The van der Waals surface area contributed by atoms with Crippen LogP contribution in [0.3, 0.4) is 0 Å². The van der Waals surface area contributed by atoms with E-state index in [-0.39, 0.29) is 29.2 Å². The first kappa shape index (κ1) is 26.8. The molecule has 14 heteroatoms. The lowest BCUT2D eigenvalue weighted by atomic mass is 9.98. The van der Waals surface area contributed by atoms with Crippen LogP contribution in [0.4, 0.5) is 4.39 Å². The Morgan fingerprint density at radius 3 is 2.58 bits per heavy atom. The number of para-hydroxylation sites is 1. The number of hydrogen-bond acceptors (Lipinski definition) is 8. The molecule has 2 saturated carbocycles. The Labute approximate surface area is 242 Å². The van der Waals surface area contributed by atoms with Crippen LogP contribution in [0.1, 0.15) is 37.8 Å². The highest BCUT2D eigenvalue weighted by molar-refractivity contribution is 14.1. The lowest BCUT2D eigenvalue weighted by Gasteiger charge is -2.28. The van der Waals surface area contributed by atoms with Crippen molar-refractivity contribution in [2.24, 2.45) is 0 Å². The van der Waals surface area contributed by atoms with Gasteiger partial charge in [-0.15, -0.1) is 0 Å². The Morgan fingerprint density at radius 2 is 1.95 bits per heavy atom. The first-order chi connectivity index (χ1) is 19.1. The maximum atomic E-state index is 15.0. The van der Waals surface area contributed by atoms with Gasteiger partial charge in [-0.3, -0.25) is 14.6 Å². The Balaban J connectivity index is 1.36. The number of nitrogens with zero attached hydrogens (tertiary/aromatic N) is 6. The molecule has 0 bridgehead atoms. The Kier molecular flexibility index (Phi) is 6.41. The summed E-state index contributed by atoms with van der Waals surface area (Å²) in [6.45, 7) is -0.266. The second-order valence-electron chi connectivity index (χ2n) is 10.4. The molecule has 3 heterocycles. The van der Waals surface area contributed by atoms with Crippen LogP contribution >= 0.6 is 22.6 Å². The van der Waals surface area contributed by atoms with Crippen LogP contribution in [-0.2, 0) is 24.8 Å². The second-order valence-corrected chi connectivity index (χ2v) is 13.9. The first-order valence-electron chi connectivity index (χ1n) is 12.6. The third-order valence-electron chi connectivity index (χ3n) is 7.85. The van der Waals surface area contributed by atoms with Crippen molar-refractivity contribution in [3.63, 3.8) is 0 Å². The van der Waals surface area contributed by atoms with Gasteiger partial charge in [-0.05, 0) is 72.9 Å². The number of hydrogen-bond donors (Lipinski definition) is 1. The van der Waals surface area contributed by atoms with Gasteiger partial charge in [-0.25, -0.2) is 22.5 Å². The molecule has 0 unspecified atom stereocenters. The number of halogens is 2. The van der Waals surface area contributed by atoms with E-state index in [2.05, 4.69) is 26.5 Å². The van der Waals surface area contributed by atoms with Gasteiger partial charge in [0.05, 0.1) is 33.0 Å². The van der Waals surface area contributed by atoms with Crippen molar-refractivity contribution in [1.82, 2.24) is 30.0 Å². The van der Waals surface area contributed by atoms with Crippen LogP contribution in [0.2, 0.25) is 0 Å². The number of nitrogens with one attached hydrogen (secondary N) is 1. The molecular formula is C26H23FIN7O4S. The molecule has 2 aliphatic carbocycles. The lowest BCUT2D eigenvalue weighted by Crippen LogP contribution is -2.52. The minimum Gasteiger partial charge on any atom is -0.336 e. The number of pyridine rings is 1. The van der Waals surface area contributed by atoms with E-state index in [0.717, 1.165) is 0 Å². The third-order valence-corrected chi connectivity index (χ3v) is 10.6. The topological polar surface area (TPSA) is 151 Å². The number of sulfone groups is 1. The van der Waals surface area contributed by atoms with Crippen LogP contribution in [0.5, 0.6) is 0 Å². The molecule has 1 aliphatic heterocycles. The monoisotopic (exact) mass is 675 g/mol. The van der Waals surface area contributed by atoms with E-state index in [0.29, 0.717) is 29.3 Å². The molecule has 206 valence electrons. The van der Waals surface area contributed by atoms with Gasteiger partial charge < -0.3 is 10.2 Å². The van der Waals surface area contributed by atoms with Crippen LogP contribution in [-0.4, -0.2) is 68.3 Å². The lowest BCUT2D eigenvalue weighted by molar-refractivity contribution is -0.140. The number of nitriles is 1. The molecular weight excluding hydrogens is 652 g/mol. The zero-order valence-electron chi connectivity index (χ0n) is 21.0. The molecule has 0 spiro atoms. The van der Waals surface area contributed by atoms with Gasteiger partial charge in [0, 0.05) is 16.3 Å². The molecule has 6 rings (SSSR count). The SMILES string of the molecule is N#CC1(NC(=O)[C@@H]2C[C@@H](S(=O)(=O)c3ccccc3-n3cncn3)CN2C(=O)C2(c3ncc(I)cc3F)CC2)CC1. The van der Waals surface area contributed by atoms with E-state index in [1.165, 1.54) is 40.6 Å². The normalized spacial score (nSPS) is 22.4. The predicted octanol–water partition coefficient (Wildman–Crippen LogP) is 2.05. The molecule has 1 saturated heterocycles. The van der Waals surface area contributed by atoms with Crippen LogP contribution in [0, 0.1) is 20.7 Å². The van der Waals surface area contributed by atoms with Crippen molar-refractivity contribution in [3.8, 4) is 11.8 Å². The summed E-state index contributed by atoms with van der Waals surface area (Å²) in [7, 11) is -4.08. The minimum absolute atomic E-state index is 0.00408. The van der Waals surface area contributed by atoms with Gasteiger partial charge in [0.15, 0.2) is 9.84 Å². The van der Waals surface area contributed by atoms with Crippen LogP contribution in [0.25, 0.3) is 5.69 Å². The molecule has 40 heavy (non-hydrogen) atoms. The van der Waals surface area contributed by atoms with Crippen molar-refractivity contribution in [2.45, 2.75) is 59.2 Å². The molecule has 2 aromatic heterocycles. The number of amides is 2. The first-order valence-corrected chi connectivity index (χ1v) is 15.3. The molecule has 3 aliphatic rings. The Bertz CT molecular complexity index is 1670. The summed E-state index contributed by atoms with van der Waals surface area (Å²) in [4.78, 5) is 36.9. The number of likely N-dealkylation sites (tertiary alicyclic amines) is 1. The van der Waals surface area contributed by atoms with Crippen molar-refractivity contribution in [1.29, 1.82) is 5.26 Å². The van der Waals surface area contributed by atoms with Gasteiger partial charge in [-0.1, -0.05) is 12.1 Å². The Morgan fingerprint density at radius 1 is 1.20 bits per heavy atom. The second kappa shape index (κ2) is 9.58. The van der Waals surface area contributed by atoms with Crippen molar-refractivity contribution in [3.05, 3.63) is 64.3 Å². The molecule has 3 fully saturated rings. The summed E-state index contributed by atoms with van der Waals surface area (Å²) < 4.78 is 44.9. The largest absolute Gasteiger partial charge is 0.336 e. The zero-order valence-corrected chi connectivity index (χ0v) is 24.0. The fraction of sp³-hybridized carbons (Fsp3) is 0.385. The fourth-order valence-corrected chi connectivity index (χ4v) is 7.61. The van der Waals surface area contributed by atoms with Crippen molar-refractivity contribution >= 4 is 44.2 Å². The predicted molar refractivity (Wildman–Crippen MR) is 146 cm³/mol. The Hall–Kier alpha value is -3.45. The maximum Gasteiger partial charge on any atom is 0.244 e. The number of aromatic nitrogens is 4. The number of rotatable bonds is 7. The summed E-state index contributed by atoms with van der Waals surface area (Å²) in [5.74, 6) is -1.75. The zero-order chi connectivity index (χ0) is 28.3. The van der Waals surface area contributed by atoms with E-state index in [9.17, 15) is 27.7 Å². The van der Waals surface area contributed by atoms with Gasteiger partial charge in [0.25, 0.3) is 0 Å². The average molecular weight is 675 g/mol. The van der Waals surface area contributed by atoms with Gasteiger partial charge in [0.2, 0.25) is 11.8 Å². The average Bonchev–Trinajstić information content (AvgIpc) is 3.77. The fourth-order valence-electron chi connectivity index (χ4n) is 5.32. The van der Waals surface area contributed by atoms with E-state index < -0.39 is 49.7 Å². The highest BCUT2D eigenvalue weighted by Crippen LogP contribution is 2.51. The standard InChI is InChI=1S/C26H23FIN7O4S/c27-18-9-16(28)11-31-22(18)26(7-8-26)24(37)34-12-17(10-20(34)23(36)33-25(13-29)5-6-25)40(38,39)21-4-2-1-3-19(21)35-15-30-14-32-35/h1-4,9,11,14-15,17,20H,5-8,10,12H2,(H,33,36)/t17-,20+/m1/s1. The highest BCUT2D eigenvalue weighted by atomic mass is 127. The summed E-state index contributed by atoms with van der Waals surface area (Å²) in [5, 5.41) is 15.2. The van der Waals surface area contributed by atoms with Gasteiger partial charge >= 0.3 is 0 Å². The highest BCUT2D eigenvalue weighted by Gasteiger charge is 2.60. The number of carbonyl (C=O) groups excluding carboxylic acids is 2. The molecule has 0 radical (unpaired) electrons. The quantitative estimate of drug-likeness (QED) is 0.374. The molecule has 1 aromatic carbocycles. The van der Waals surface area contributed by atoms with Gasteiger partial charge in [-0.2, -0.15) is 10.4 Å². The molecule has 3 aromatic rings. The summed E-state index contributed by atoms with van der Waals surface area (Å²) in [6, 6.07) is 8.54. The molecule has 2 amide bonds. The summed E-state index contributed by atoms with van der Waals surface area (Å²) >= 11 is 1.93. The molecule has 2 atom stereocenters. The van der Waals surface area contributed by atoms with Crippen LogP contribution in [0.15, 0.2) is 54.1 Å². The number of benzene rings is 1. The van der Waals surface area contributed by atoms with E-state index in [1.807, 2.05) is 22.6 Å². The number of carbonyl (C=O) groups is 2. The molecule has 1 N–H and O–H groups in total. The van der Waals surface area contributed by atoms with Crippen molar-refractivity contribution in [2.75, 3.05) is 6.54 Å². The molecule has 11 nitrogen and oxygen atoms in total. The van der Waals surface area contributed by atoms with Crippen molar-refractivity contribution < 1.29 is 22.4 Å². The van der Waals surface area contributed by atoms with Crippen LogP contribution < -0.4 is 5.32 Å².